The quantitative estimate of drug-likeness (QED) is 0.642. The van der Waals surface area contributed by atoms with Gasteiger partial charge in [0.15, 0.2) is 0 Å². The van der Waals surface area contributed by atoms with E-state index in [4.69, 9.17) is 9.93 Å². The Morgan fingerprint density at radius 3 is 0.917 bits per heavy atom. The van der Waals surface area contributed by atoms with Crippen LogP contribution in [0.15, 0.2) is 36.4 Å². The van der Waals surface area contributed by atoms with Crippen LogP contribution in [0.25, 0.3) is 0 Å². The van der Waals surface area contributed by atoms with E-state index in [1.165, 1.54) is 12.8 Å². The molecule has 0 radical (unpaired) electrons. The average molecular weight is 168 g/mol. The lowest BCUT2D eigenvalue weighted by molar-refractivity contribution is 0.886. The highest BCUT2D eigenvalue weighted by atomic mass is 16.7. The first kappa shape index (κ1) is 13.4. The van der Waals surface area contributed by atoms with Crippen LogP contribution in [0.1, 0.15) is 26.7 Å². The van der Waals surface area contributed by atoms with E-state index in [1.54, 1.807) is 0 Å². The summed E-state index contributed by atoms with van der Waals surface area (Å²) in [7, 11) is 0. The van der Waals surface area contributed by atoms with E-state index in [0.717, 1.165) is 0 Å². The molecular formula is C10H16O2. The molecule has 0 unspecified atom stereocenters. The fourth-order valence-corrected chi connectivity index (χ4v) is 0.385. The number of hydrogen-bond donors (Lipinski definition) is 0. The lowest BCUT2D eigenvalue weighted by Gasteiger charge is -1.69. The third-order valence-corrected chi connectivity index (χ3v) is 1.17. The maximum absolute atomic E-state index is 7.00. The van der Waals surface area contributed by atoms with E-state index < -0.39 is 0 Å². The van der Waals surface area contributed by atoms with Gasteiger partial charge in [0.2, 0.25) is 0 Å². The molecule has 0 aliphatic carbocycles. The fraction of sp³-hybridized carbons (Fsp3) is 0.400. The molecule has 0 bridgehead atoms. The van der Waals surface area contributed by atoms with E-state index in [-0.39, 0.29) is 0 Å². The van der Waals surface area contributed by atoms with Crippen LogP contribution in [0.3, 0.4) is 0 Å². The van der Waals surface area contributed by atoms with Gasteiger partial charge in [-0.2, -0.15) is 0 Å². The van der Waals surface area contributed by atoms with E-state index in [9.17, 15) is 0 Å². The van der Waals surface area contributed by atoms with Gasteiger partial charge in [-0.1, -0.05) is 63.1 Å². The Hall–Kier alpha value is -1.18. The lowest BCUT2D eigenvalue weighted by atomic mass is 10.4. The second kappa shape index (κ2) is 16.4. The molecule has 0 atom stereocenters. The molecule has 2 heteroatoms. The minimum atomic E-state index is 1.32. The first-order valence-corrected chi connectivity index (χ1v) is 4.08. The first-order chi connectivity index (χ1) is 5.91. The molecule has 2 nitrogen and oxygen atoms in total. The van der Waals surface area contributed by atoms with Gasteiger partial charge in [0.05, 0.1) is 0 Å². The van der Waals surface area contributed by atoms with Crippen LogP contribution >= 0.6 is 0 Å². The molecule has 1 aromatic carbocycles. The van der Waals surface area contributed by atoms with Gasteiger partial charge < -0.3 is 0 Å². The summed E-state index contributed by atoms with van der Waals surface area (Å²) >= 11 is 0. The Bertz CT molecular complexity index is 111. The molecule has 0 saturated heterocycles. The van der Waals surface area contributed by atoms with E-state index in [1.807, 2.05) is 36.4 Å². The van der Waals surface area contributed by atoms with Gasteiger partial charge in [0.25, 0.3) is 0 Å². The predicted molar refractivity (Wildman–Crippen MR) is 53.8 cm³/mol. The second-order valence-electron chi connectivity index (χ2n) is 2.15. The van der Waals surface area contributed by atoms with Crippen molar-refractivity contribution in [2.45, 2.75) is 26.7 Å². The zero-order valence-corrected chi connectivity index (χ0v) is 7.69. The smallest absolute Gasteiger partial charge is 0 e. The van der Waals surface area contributed by atoms with Gasteiger partial charge in [-0.05, 0) is 0 Å². The average Bonchev–Trinajstić information content (AvgIpc) is 2.24. The van der Waals surface area contributed by atoms with Crippen molar-refractivity contribution in [3.05, 3.63) is 46.3 Å². The minimum Gasteiger partial charge on any atom is -0.0654 e. The Morgan fingerprint density at radius 1 is 0.667 bits per heavy atom. The van der Waals surface area contributed by atoms with Gasteiger partial charge in [-0.25, -0.2) is 0 Å². The molecule has 1 rings (SSSR count). The van der Waals surface area contributed by atoms with Gasteiger partial charge in [0.1, 0.15) is 0 Å². The maximum atomic E-state index is 7.00. The van der Waals surface area contributed by atoms with Crippen molar-refractivity contribution in [2.75, 3.05) is 0 Å². The van der Waals surface area contributed by atoms with Crippen LogP contribution in [0, 0.1) is 9.93 Å². The number of unbranched alkanes of at least 4 members (excludes halogenated alkanes) is 1. The van der Waals surface area contributed by atoms with Crippen molar-refractivity contribution in [2.24, 2.45) is 0 Å². The number of benzene rings is 1. The Kier molecular flexibility index (Phi) is 18.4. The van der Waals surface area contributed by atoms with E-state index in [0.29, 0.717) is 0 Å². The summed E-state index contributed by atoms with van der Waals surface area (Å²) < 4.78 is 0. The molecule has 12 heavy (non-hydrogen) atoms. The van der Waals surface area contributed by atoms with Crippen molar-refractivity contribution in [1.29, 1.82) is 0 Å². The standard InChI is InChI=1S/C6H6.C4H10.O2/c1-2-4-6-5-3-1;1-3-4-2;1-2/h1-6H;3-4H2,1-2H3;. The molecule has 1 aromatic rings. The molecule has 0 spiro atoms. The van der Waals surface area contributed by atoms with Gasteiger partial charge in [0, 0.05) is 9.93 Å². The van der Waals surface area contributed by atoms with Crippen LogP contribution in [0.4, 0.5) is 0 Å². The summed E-state index contributed by atoms with van der Waals surface area (Å²) in [5.74, 6) is 0. The molecule has 0 N–H and O–H groups in total. The van der Waals surface area contributed by atoms with Crippen molar-refractivity contribution >= 4 is 0 Å². The molecular weight excluding hydrogens is 152 g/mol. The molecule has 0 aliphatic heterocycles. The van der Waals surface area contributed by atoms with Gasteiger partial charge in [-0.15, -0.1) is 0 Å². The van der Waals surface area contributed by atoms with Crippen LogP contribution < -0.4 is 0 Å². The summed E-state index contributed by atoms with van der Waals surface area (Å²) in [6.07, 6.45) is 2.64. The van der Waals surface area contributed by atoms with Gasteiger partial charge >= 0.3 is 0 Å². The Balaban J connectivity index is 0. The number of hydrogen-bond acceptors (Lipinski definition) is 2. The van der Waals surface area contributed by atoms with Crippen LogP contribution in [-0.2, 0) is 0 Å². The summed E-state index contributed by atoms with van der Waals surface area (Å²) in [6, 6.07) is 12.0. The highest BCUT2D eigenvalue weighted by Crippen LogP contribution is 1.79. The highest BCUT2D eigenvalue weighted by molar-refractivity contribution is 4.99. The van der Waals surface area contributed by atoms with Crippen LogP contribution in [-0.4, -0.2) is 0 Å². The molecule has 0 aromatic heterocycles. The monoisotopic (exact) mass is 168 g/mol. The third kappa shape index (κ3) is 15.9. The lowest BCUT2D eigenvalue weighted by Crippen LogP contribution is -1.47. The van der Waals surface area contributed by atoms with Crippen LogP contribution in [0.5, 0.6) is 0 Å². The zero-order valence-electron chi connectivity index (χ0n) is 7.69. The molecule has 0 heterocycles. The Labute approximate surface area is 73.8 Å². The molecule has 68 valence electrons. The molecule has 0 aliphatic rings. The summed E-state index contributed by atoms with van der Waals surface area (Å²) in [4.78, 5) is 14.0. The SMILES string of the molecule is CCCC.O=O.c1ccccc1. The minimum absolute atomic E-state index is 1.32. The summed E-state index contributed by atoms with van der Waals surface area (Å²) in [5.41, 5.74) is 0. The normalized spacial score (nSPS) is 6.83. The third-order valence-electron chi connectivity index (χ3n) is 1.17. The maximum Gasteiger partial charge on any atom is 0 e. The van der Waals surface area contributed by atoms with Crippen molar-refractivity contribution in [3.63, 3.8) is 0 Å². The highest BCUT2D eigenvalue weighted by Gasteiger charge is 1.58. The number of rotatable bonds is 1. The predicted octanol–water partition coefficient (Wildman–Crippen LogP) is 3.56. The molecule has 0 fully saturated rings. The van der Waals surface area contributed by atoms with Crippen molar-refractivity contribution < 1.29 is 0 Å². The van der Waals surface area contributed by atoms with E-state index >= 15 is 0 Å². The van der Waals surface area contributed by atoms with Crippen molar-refractivity contribution in [3.8, 4) is 0 Å². The fourth-order valence-electron chi connectivity index (χ4n) is 0.385. The summed E-state index contributed by atoms with van der Waals surface area (Å²) in [6.45, 7) is 4.36. The van der Waals surface area contributed by atoms with E-state index in [2.05, 4.69) is 13.8 Å². The molecule has 0 amide bonds. The Morgan fingerprint density at radius 2 is 0.833 bits per heavy atom. The topological polar surface area (TPSA) is 34.1 Å². The van der Waals surface area contributed by atoms with Crippen LogP contribution in [0.2, 0.25) is 0 Å². The van der Waals surface area contributed by atoms with Crippen molar-refractivity contribution in [1.82, 2.24) is 0 Å². The first-order valence-electron chi connectivity index (χ1n) is 4.08. The largest absolute Gasteiger partial charge is 0.0654 e. The second-order valence-corrected chi connectivity index (χ2v) is 2.15. The molecule has 0 saturated carbocycles. The summed E-state index contributed by atoms with van der Waals surface area (Å²) in [5, 5.41) is 0. The zero-order chi connectivity index (χ0) is 9.66. The van der Waals surface area contributed by atoms with Gasteiger partial charge in [-0.3, -0.25) is 0 Å².